The Kier molecular flexibility index (Phi) is 5.90. The molecule has 0 N–H and O–H groups in total. The molecule has 0 unspecified atom stereocenters. The summed E-state index contributed by atoms with van der Waals surface area (Å²) in [6, 6.07) is 0. The summed E-state index contributed by atoms with van der Waals surface area (Å²) in [6.07, 6.45) is 3.13. The quantitative estimate of drug-likeness (QED) is 0.439. The molecule has 11 heavy (non-hydrogen) atoms. The summed E-state index contributed by atoms with van der Waals surface area (Å²) in [4.78, 5) is 6.28. The highest BCUT2D eigenvalue weighted by Gasteiger charge is 2.00. The first-order valence-electron chi connectivity index (χ1n) is 4.37. The van der Waals surface area contributed by atoms with Crippen LogP contribution in [-0.2, 0) is 0 Å². The monoisotopic (exact) mass is 156 g/mol. The van der Waals surface area contributed by atoms with Gasteiger partial charge in [-0.2, -0.15) is 0 Å². The Hall–Kier alpha value is -0.530. The molecule has 0 aromatic heterocycles. The van der Waals surface area contributed by atoms with E-state index < -0.39 is 0 Å². The Morgan fingerprint density at radius 1 is 1.45 bits per heavy atom. The van der Waals surface area contributed by atoms with Crippen molar-refractivity contribution in [2.24, 2.45) is 10.9 Å². The second-order valence-corrected chi connectivity index (χ2v) is 3.26. The van der Waals surface area contributed by atoms with Gasteiger partial charge in [0.2, 0.25) is 0 Å². The van der Waals surface area contributed by atoms with E-state index in [4.69, 9.17) is 0 Å². The van der Waals surface area contributed by atoms with Crippen LogP contribution in [0.5, 0.6) is 0 Å². The van der Waals surface area contributed by atoms with E-state index in [1.54, 1.807) is 0 Å². The highest BCUT2D eigenvalue weighted by atomic mass is 15.1. The lowest BCUT2D eigenvalue weighted by Crippen LogP contribution is -2.27. The molecule has 0 heterocycles. The minimum absolute atomic E-state index is 0.722. The smallest absolute Gasteiger partial charge is 0.0846 e. The van der Waals surface area contributed by atoms with Gasteiger partial charge in [0.1, 0.15) is 0 Å². The molecule has 0 radical (unpaired) electrons. The van der Waals surface area contributed by atoms with Crippen LogP contribution in [0.15, 0.2) is 4.99 Å². The summed E-state index contributed by atoms with van der Waals surface area (Å²) in [6.45, 7) is 8.88. The van der Waals surface area contributed by atoms with Crippen LogP contribution in [0.25, 0.3) is 0 Å². The predicted octanol–water partition coefficient (Wildman–Crippen LogP) is 2.01. The molecule has 0 aromatic carbocycles. The third kappa shape index (κ3) is 5.89. The zero-order chi connectivity index (χ0) is 8.69. The molecule has 2 nitrogen and oxygen atoms in total. The number of nitrogens with zero attached hydrogens (tertiary/aromatic N) is 2. The Bertz CT molecular complexity index is 108. The Morgan fingerprint density at radius 2 is 2.09 bits per heavy atom. The molecule has 0 aliphatic rings. The number of hydrogen-bond acceptors (Lipinski definition) is 1. The van der Waals surface area contributed by atoms with Crippen LogP contribution >= 0.6 is 0 Å². The van der Waals surface area contributed by atoms with Gasteiger partial charge < -0.3 is 4.90 Å². The fourth-order valence-electron chi connectivity index (χ4n) is 1.12. The van der Waals surface area contributed by atoms with E-state index in [9.17, 15) is 0 Å². The van der Waals surface area contributed by atoms with E-state index in [0.717, 1.165) is 19.0 Å². The van der Waals surface area contributed by atoms with E-state index in [0.29, 0.717) is 0 Å². The number of hydrogen-bond donors (Lipinski definition) is 0. The van der Waals surface area contributed by atoms with E-state index in [1.165, 1.54) is 6.42 Å². The molecule has 0 aliphatic heterocycles. The van der Waals surface area contributed by atoms with E-state index in [2.05, 4.69) is 30.7 Å². The van der Waals surface area contributed by atoms with E-state index in [1.807, 2.05) is 13.4 Å². The van der Waals surface area contributed by atoms with Gasteiger partial charge in [-0.15, -0.1) is 0 Å². The van der Waals surface area contributed by atoms with Crippen molar-refractivity contribution in [2.75, 3.05) is 20.1 Å². The molecule has 0 aliphatic carbocycles. The molecule has 0 atom stereocenters. The van der Waals surface area contributed by atoms with Crippen molar-refractivity contribution in [3.05, 3.63) is 0 Å². The molecule has 0 saturated heterocycles. The molecule has 0 fully saturated rings. The standard InChI is InChI=1S/C9H20N2/c1-5-6-11(8-10-4)7-9(2)3/h8-9H,5-7H2,1-4H3/b10-8-. The second-order valence-electron chi connectivity index (χ2n) is 3.26. The van der Waals surface area contributed by atoms with Crippen molar-refractivity contribution >= 4 is 6.34 Å². The van der Waals surface area contributed by atoms with Crippen molar-refractivity contribution in [3.63, 3.8) is 0 Å². The summed E-state index contributed by atoms with van der Waals surface area (Å²) in [5.41, 5.74) is 0. The third-order valence-corrected chi connectivity index (χ3v) is 1.39. The highest BCUT2D eigenvalue weighted by molar-refractivity contribution is 5.54. The van der Waals surface area contributed by atoms with Gasteiger partial charge in [0, 0.05) is 20.1 Å². The van der Waals surface area contributed by atoms with Crippen molar-refractivity contribution < 1.29 is 0 Å². The van der Waals surface area contributed by atoms with E-state index >= 15 is 0 Å². The summed E-state index contributed by atoms with van der Waals surface area (Å²) in [7, 11) is 1.82. The van der Waals surface area contributed by atoms with Crippen LogP contribution in [0.3, 0.4) is 0 Å². The third-order valence-electron chi connectivity index (χ3n) is 1.39. The molecule has 0 bridgehead atoms. The molecule has 0 rings (SSSR count). The fourth-order valence-corrected chi connectivity index (χ4v) is 1.12. The van der Waals surface area contributed by atoms with Gasteiger partial charge in [-0.1, -0.05) is 20.8 Å². The summed E-state index contributed by atoms with van der Waals surface area (Å²) < 4.78 is 0. The van der Waals surface area contributed by atoms with Gasteiger partial charge in [0.25, 0.3) is 0 Å². The molecule has 0 amide bonds. The van der Waals surface area contributed by atoms with Crippen molar-refractivity contribution in [1.29, 1.82) is 0 Å². The lowest BCUT2D eigenvalue weighted by atomic mass is 10.2. The zero-order valence-electron chi connectivity index (χ0n) is 8.17. The lowest BCUT2D eigenvalue weighted by Gasteiger charge is -2.20. The summed E-state index contributed by atoms with van der Waals surface area (Å²) in [5, 5.41) is 0. The molecule has 0 saturated carbocycles. The van der Waals surface area contributed by atoms with Crippen LogP contribution in [-0.4, -0.2) is 31.4 Å². The fraction of sp³-hybridized carbons (Fsp3) is 0.889. The maximum Gasteiger partial charge on any atom is 0.0846 e. The average Bonchev–Trinajstić information content (AvgIpc) is 1.87. The summed E-state index contributed by atoms with van der Waals surface area (Å²) in [5.74, 6) is 0.722. The van der Waals surface area contributed by atoms with Crippen LogP contribution in [0.2, 0.25) is 0 Å². The topological polar surface area (TPSA) is 15.6 Å². The first kappa shape index (κ1) is 10.5. The van der Waals surface area contributed by atoms with E-state index in [-0.39, 0.29) is 0 Å². The minimum Gasteiger partial charge on any atom is -0.363 e. The second kappa shape index (κ2) is 6.20. The lowest BCUT2D eigenvalue weighted by molar-refractivity contribution is 0.374. The summed E-state index contributed by atoms with van der Waals surface area (Å²) >= 11 is 0. The molecular weight excluding hydrogens is 136 g/mol. The number of aliphatic imine (C=N–C) groups is 1. The first-order valence-corrected chi connectivity index (χ1v) is 4.37. The van der Waals surface area contributed by atoms with Gasteiger partial charge in [-0.05, 0) is 12.3 Å². The highest BCUT2D eigenvalue weighted by Crippen LogP contribution is 1.96. The average molecular weight is 156 g/mol. The van der Waals surface area contributed by atoms with Crippen molar-refractivity contribution in [1.82, 2.24) is 4.90 Å². The van der Waals surface area contributed by atoms with Crippen LogP contribution < -0.4 is 0 Å². The minimum atomic E-state index is 0.722. The molecular formula is C9H20N2. The van der Waals surface area contributed by atoms with Crippen molar-refractivity contribution in [3.8, 4) is 0 Å². The Labute approximate surface area is 70.3 Å². The number of rotatable bonds is 5. The zero-order valence-corrected chi connectivity index (χ0v) is 8.17. The maximum absolute atomic E-state index is 4.01. The predicted molar refractivity (Wildman–Crippen MR) is 51.1 cm³/mol. The Balaban J connectivity index is 3.69. The van der Waals surface area contributed by atoms with Crippen molar-refractivity contribution in [2.45, 2.75) is 27.2 Å². The van der Waals surface area contributed by atoms with Gasteiger partial charge in [0.05, 0.1) is 6.34 Å². The molecule has 2 heteroatoms. The van der Waals surface area contributed by atoms with Gasteiger partial charge in [-0.25, -0.2) is 0 Å². The van der Waals surface area contributed by atoms with Gasteiger partial charge >= 0.3 is 0 Å². The first-order chi connectivity index (χ1) is 5.20. The van der Waals surface area contributed by atoms with Crippen LogP contribution in [0.4, 0.5) is 0 Å². The molecule has 0 spiro atoms. The maximum atomic E-state index is 4.01. The SMILES string of the molecule is CCCN(/C=N\C)CC(C)C. The van der Waals surface area contributed by atoms with Gasteiger partial charge in [-0.3, -0.25) is 4.99 Å². The molecule has 66 valence electrons. The normalized spacial score (nSPS) is 11.4. The largest absolute Gasteiger partial charge is 0.363 e. The molecule has 0 aromatic rings. The van der Waals surface area contributed by atoms with Crippen LogP contribution in [0, 0.1) is 5.92 Å². The van der Waals surface area contributed by atoms with Gasteiger partial charge in [0.15, 0.2) is 0 Å². The Morgan fingerprint density at radius 3 is 2.45 bits per heavy atom. The van der Waals surface area contributed by atoms with Crippen LogP contribution in [0.1, 0.15) is 27.2 Å².